The van der Waals surface area contributed by atoms with Gasteiger partial charge in [-0.2, -0.15) is 19.5 Å². The van der Waals surface area contributed by atoms with Crippen molar-refractivity contribution >= 4 is 138 Å². The molecular formula is C62H88N21O29P4S3+. The lowest BCUT2D eigenvalue weighted by Crippen LogP contribution is -2.54. The number of ether oxygens (including phenoxy) is 12. The van der Waals surface area contributed by atoms with Crippen LogP contribution in [0.25, 0.3) is 33.5 Å². The summed E-state index contributed by atoms with van der Waals surface area (Å²) in [6.45, 7) is -11.9. The first kappa shape index (κ1) is 88.8. The van der Waals surface area contributed by atoms with Crippen LogP contribution in [0.15, 0.2) is 52.4 Å². The zero-order valence-electron chi connectivity index (χ0n) is 64.3. The maximum absolute atomic E-state index is 15.2. The number of carbonyl (C=O) groups is 1. The summed E-state index contributed by atoms with van der Waals surface area (Å²) in [5.74, 6) is -1.13. The van der Waals surface area contributed by atoms with E-state index in [1.54, 1.807) is 18.4 Å². The van der Waals surface area contributed by atoms with Crippen LogP contribution in [0.5, 0.6) is 0 Å². The number of carbonyl (C=O) groups excluding carboxylic acids is 1. The van der Waals surface area contributed by atoms with E-state index in [0.717, 1.165) is 10.9 Å². The molecule has 7 aromatic heterocycles. The number of hydrogen-bond donors (Lipinski definition) is 11. The van der Waals surface area contributed by atoms with Gasteiger partial charge in [0.05, 0.1) is 103 Å². The van der Waals surface area contributed by atoms with Crippen molar-refractivity contribution in [2.75, 3.05) is 117 Å². The molecule has 7 aliphatic heterocycles. The Morgan fingerprint density at radius 3 is 1.73 bits per heavy atom. The van der Waals surface area contributed by atoms with Crippen LogP contribution in [0.3, 0.4) is 0 Å². The molecule has 6 saturated heterocycles. The van der Waals surface area contributed by atoms with Gasteiger partial charge in [-0.3, -0.25) is 50.9 Å². The molecule has 14 heterocycles. The largest absolute Gasteiger partial charge is 0.472 e. The Labute approximate surface area is 688 Å². The van der Waals surface area contributed by atoms with Crippen LogP contribution in [-0.2, 0) is 138 Å². The van der Waals surface area contributed by atoms with Crippen molar-refractivity contribution in [1.82, 2.24) is 68.1 Å². The molecule has 0 saturated carbocycles. The number of methoxy groups -OCH3 is 3. The Kier molecular flexibility index (Phi) is 27.1. The molecule has 57 heteroatoms. The minimum Gasteiger partial charge on any atom is -0.387 e. The molecule has 652 valence electrons. The predicted molar refractivity (Wildman–Crippen MR) is 418 cm³/mol. The minimum atomic E-state index is -5.61. The monoisotopic (exact) mass is 1810 g/mol. The Hall–Kier alpha value is -6.48. The van der Waals surface area contributed by atoms with E-state index in [1.807, 2.05) is 6.92 Å². The Morgan fingerprint density at radius 1 is 0.605 bits per heavy atom. The maximum Gasteiger partial charge on any atom is 0.472 e. The molecule has 0 radical (unpaired) electrons. The number of nitrogen functional groups attached to an aromatic ring is 4. The van der Waals surface area contributed by atoms with Crippen LogP contribution in [0.1, 0.15) is 64.1 Å². The summed E-state index contributed by atoms with van der Waals surface area (Å²) >= 11 is 17.2. The average Bonchev–Trinajstić information content (AvgIpc) is 1.54. The molecule has 0 aliphatic carbocycles. The molecule has 14 rings (SSSR count). The number of rotatable bonds is 38. The van der Waals surface area contributed by atoms with Gasteiger partial charge in [-0.1, -0.05) is 6.92 Å². The molecule has 24 atom stereocenters. The number of H-pyrrole nitrogens is 1. The Bertz CT molecular complexity index is 5290. The summed E-state index contributed by atoms with van der Waals surface area (Å²) < 4.78 is 145. The molecule has 0 aromatic carbocycles. The summed E-state index contributed by atoms with van der Waals surface area (Å²) in [5, 5.41) is 11.8. The van der Waals surface area contributed by atoms with Crippen molar-refractivity contribution in [2.24, 2.45) is 10.7 Å². The fraction of sp³-hybridized carbons (Fsp3) is 0.645. The number of aromatic nitrogens is 14. The summed E-state index contributed by atoms with van der Waals surface area (Å²) in [5.41, 5.74) is 28.2. The van der Waals surface area contributed by atoms with E-state index in [9.17, 15) is 39.1 Å². The summed E-state index contributed by atoms with van der Waals surface area (Å²) in [6, 6.07) is 0. The van der Waals surface area contributed by atoms with Crippen LogP contribution in [0.4, 0.5) is 23.4 Å². The Morgan fingerprint density at radius 2 is 1.13 bits per heavy atom. The lowest BCUT2D eigenvalue weighted by atomic mass is 9.94. The number of aliphatic imine (C=N–C) groups is 1. The normalized spacial score (nSPS) is 31.7. The number of fused-ring (bicyclic) bond motifs is 5. The van der Waals surface area contributed by atoms with Crippen molar-refractivity contribution in [1.29, 1.82) is 0 Å². The topological polar surface area (TPSA) is 651 Å². The van der Waals surface area contributed by atoms with E-state index in [2.05, 4.69) is 54.8 Å². The first-order valence-electron chi connectivity index (χ1n) is 36.6. The van der Waals surface area contributed by atoms with Crippen molar-refractivity contribution in [2.45, 2.75) is 163 Å². The number of anilines is 4. The molecule has 6 fully saturated rings. The zero-order chi connectivity index (χ0) is 84.9. The van der Waals surface area contributed by atoms with Crippen LogP contribution in [-0.4, -0.2) is 306 Å². The van der Waals surface area contributed by atoms with Crippen LogP contribution >= 0.6 is 28.0 Å². The van der Waals surface area contributed by atoms with E-state index >= 15 is 4.57 Å². The van der Waals surface area contributed by atoms with E-state index in [4.69, 9.17) is 157 Å². The number of aliphatic hydroxyl groups is 1. The lowest BCUT2D eigenvalue weighted by molar-refractivity contribution is -0.620. The van der Waals surface area contributed by atoms with E-state index < -0.39 is 200 Å². The van der Waals surface area contributed by atoms with E-state index in [-0.39, 0.29) is 103 Å². The van der Waals surface area contributed by atoms with Gasteiger partial charge >= 0.3 is 39.6 Å². The first-order chi connectivity index (χ1) is 56.6. The number of aromatic amines is 1. The predicted octanol–water partition coefficient (Wildman–Crippen LogP) is -1.85. The summed E-state index contributed by atoms with van der Waals surface area (Å²) in [6.07, 6.45) is -17.7. The van der Waals surface area contributed by atoms with E-state index in [1.165, 1.54) is 73.5 Å². The molecular weight excluding hydrogens is 1720 g/mol. The Balaban J connectivity index is 0.745. The second-order valence-electron chi connectivity index (χ2n) is 28.0. The van der Waals surface area contributed by atoms with Crippen LogP contribution < -0.4 is 39.9 Å². The quantitative estimate of drug-likeness (QED) is 0.0115. The van der Waals surface area contributed by atoms with Crippen molar-refractivity contribution in [3.05, 3.63) is 64.2 Å². The minimum absolute atomic E-state index is 0.0470. The van der Waals surface area contributed by atoms with Gasteiger partial charge < -0.3 is 128 Å². The van der Waals surface area contributed by atoms with Crippen molar-refractivity contribution in [3.8, 4) is 0 Å². The number of nitrogens with one attached hydrogen (secondary N) is 1. The highest BCUT2D eigenvalue weighted by atomic mass is 32.5. The second kappa shape index (κ2) is 36.4. The van der Waals surface area contributed by atoms with Gasteiger partial charge in [0.2, 0.25) is 18.2 Å². The molecule has 0 spiro atoms. The maximum atomic E-state index is 15.2. The fourth-order valence-corrected chi connectivity index (χ4v) is 20.1. The average molecular weight is 1810 g/mol. The van der Waals surface area contributed by atoms with Crippen LogP contribution in [0.2, 0.25) is 0 Å². The molecule has 2 bridgehead atoms. The summed E-state index contributed by atoms with van der Waals surface area (Å²) in [4.78, 5) is 133. The van der Waals surface area contributed by atoms with Crippen molar-refractivity contribution in [3.63, 3.8) is 0 Å². The van der Waals surface area contributed by atoms with Gasteiger partial charge in [-0.05, 0) is 55.7 Å². The lowest BCUT2D eigenvalue weighted by Gasteiger charge is -2.36. The first-order valence-corrected chi connectivity index (χ1v) is 45.9. The number of imidazole rings is 3. The van der Waals surface area contributed by atoms with Gasteiger partial charge in [0, 0.05) is 46.4 Å². The highest BCUT2D eigenvalue weighted by Gasteiger charge is 2.72. The van der Waals surface area contributed by atoms with Crippen molar-refractivity contribution < 1.29 is 132 Å². The third kappa shape index (κ3) is 18.7. The van der Waals surface area contributed by atoms with Gasteiger partial charge in [0.1, 0.15) is 96.8 Å². The van der Waals surface area contributed by atoms with E-state index in [0.29, 0.717) is 23.1 Å². The molecule has 16 N–H and O–H groups in total. The third-order valence-corrected chi connectivity index (χ3v) is 26.2. The number of nitrogens with zero attached hydrogens (tertiary/aromatic N) is 15. The van der Waals surface area contributed by atoms with Gasteiger partial charge in [0.15, 0.2) is 70.3 Å². The number of aliphatic hydroxyl groups excluding tert-OH is 1. The van der Waals surface area contributed by atoms with Gasteiger partial charge in [0.25, 0.3) is 11.8 Å². The SMILES string of the molecule is CC[C@H]1O[C@@H](n2cnc3c(N)ncnc32)C[C@H]1OP(O)(=S)OC[C@]12O[C@@H]([N+]3=C(C)C(N)=NC(=O)C3)C(O[C@H]1C)[C@H]2OP(=O)(O)OC[C@H]1O[C@@H](n2cnc3c(N)ncnc32)C(OCCOC)[C@H]1OP(O)(=S)OC[C@H]1O[C@@H](n2cnc3c(=O)[nH]c(N)nc32)C(OCCOC)[C@H]1OP(O)(=S)OC[C@H]1O[C@@H](n2cc(C)c(N)nc2=O)C(OCCOC)[C@H]1O. The highest BCUT2D eigenvalue weighted by Crippen LogP contribution is 2.59. The number of amides is 1. The summed E-state index contributed by atoms with van der Waals surface area (Å²) in [7, 11) is -1.40. The second-order valence-corrected chi connectivity index (χ2v) is 37.8. The van der Waals surface area contributed by atoms with Crippen LogP contribution in [0, 0.1) is 6.92 Å². The molecule has 1 amide bonds. The van der Waals surface area contributed by atoms with Gasteiger partial charge in [-0.25, -0.2) is 44.2 Å². The zero-order valence-corrected chi connectivity index (χ0v) is 70.3. The fourth-order valence-electron chi connectivity index (χ4n) is 14.8. The molecule has 8 unspecified atom stereocenters. The molecule has 7 aromatic rings. The number of amidine groups is 1. The number of phosphoric ester groups is 1. The molecule has 7 aliphatic rings. The standard InChI is InChI=1S/C62H87N21O29P4S3/c1-8-30-31(15-36(104-30)81-24-72-37-50(65)68-22-70-52(37)81)109-116(92,119)102-21-62-29(4)103-46(59(108-62)79-17-35(84)75-49(64)28(79)3)47(62)112-113(88,89)99-19-33-41(44(97-13-10-94-6)57(106-33)82-25-73-38-51(66)69-23-71-53(38)82)110-115(91,118)101-20-34-42(45(98-14-11-95-7)58(107-34)83-26-74-39-54(83)77-60(67)78-55(39)86)111-114(90,117)100-18-32-40(85)43(96-12-9-93-5)56(105-32)80-16-27(2)48(63)76-61(80)87/h16,22-26,29-34,36,40-47,56-59,85H,8-15,17-21H2,1-7H3,(H14-,63,64,65,66,67,68,69,70,71,75,76,77,78,84,86,87,88,89,90,91,92,117,118,119)/p+1/t29-,30+,31+,32+,33+,34+,36+,40-,41-,42-,43?,44?,45?,46?,47+,56+,57+,58+,59+,62-,114?,115?,116?/m0/s1. The molecule has 119 heavy (non-hydrogen) atoms. The third-order valence-electron chi connectivity index (χ3n) is 20.6. The number of phosphoric acid groups is 1. The highest BCUT2D eigenvalue weighted by molar-refractivity contribution is 8.07. The number of hydrogen-bond acceptors (Lipinski definition) is 42. The molecule has 50 nitrogen and oxygen atoms in total. The number of nitrogens with two attached hydrogens (primary N) is 5. The number of aryl methyl sites for hydroxylation is 1. The smallest absolute Gasteiger partial charge is 0.387 e. The van der Waals surface area contributed by atoms with Gasteiger partial charge in [-0.15, -0.1) is 0 Å².